The molecule has 0 fully saturated rings. The van der Waals surface area contributed by atoms with Gasteiger partial charge in [0.05, 0.1) is 7.11 Å². The fraction of sp³-hybridized carbons (Fsp3) is 0.706. The maximum absolute atomic E-state index is 5.49. The van der Waals surface area contributed by atoms with Gasteiger partial charge in [-0.1, -0.05) is 27.7 Å². The standard InChI is InChI=1S/C17H30N2O/c1-12(2)18-9-8-17(5,6)10-15-14(4)16(20-7)13(3)11-19-15/h11-12,18H,8-10H2,1-7H3. The maximum atomic E-state index is 5.49. The van der Waals surface area contributed by atoms with Crippen molar-refractivity contribution >= 4 is 0 Å². The lowest BCUT2D eigenvalue weighted by Crippen LogP contribution is -2.29. The summed E-state index contributed by atoms with van der Waals surface area (Å²) in [5.41, 5.74) is 3.67. The topological polar surface area (TPSA) is 34.1 Å². The predicted octanol–water partition coefficient (Wildman–Crippen LogP) is 3.66. The Morgan fingerprint density at radius 3 is 2.50 bits per heavy atom. The van der Waals surface area contributed by atoms with E-state index in [0.29, 0.717) is 6.04 Å². The van der Waals surface area contributed by atoms with Crippen LogP contribution in [0.2, 0.25) is 0 Å². The van der Waals surface area contributed by atoms with Gasteiger partial charge in [0, 0.05) is 29.1 Å². The van der Waals surface area contributed by atoms with Crippen molar-refractivity contribution in [2.24, 2.45) is 5.41 Å². The minimum Gasteiger partial charge on any atom is -0.496 e. The third-order valence-corrected chi connectivity index (χ3v) is 3.75. The molecule has 0 amide bonds. The van der Waals surface area contributed by atoms with Gasteiger partial charge in [-0.05, 0) is 38.6 Å². The summed E-state index contributed by atoms with van der Waals surface area (Å²) in [4.78, 5) is 4.61. The van der Waals surface area contributed by atoms with E-state index in [4.69, 9.17) is 4.74 Å². The van der Waals surface area contributed by atoms with Crippen molar-refractivity contribution < 1.29 is 4.74 Å². The van der Waals surface area contributed by atoms with E-state index in [1.807, 2.05) is 13.1 Å². The molecule has 0 aliphatic heterocycles. The van der Waals surface area contributed by atoms with Crippen molar-refractivity contribution in [3.8, 4) is 5.75 Å². The molecule has 1 aromatic rings. The van der Waals surface area contributed by atoms with Gasteiger partial charge < -0.3 is 10.1 Å². The molecule has 114 valence electrons. The molecule has 3 nitrogen and oxygen atoms in total. The first kappa shape index (κ1) is 17.0. The summed E-state index contributed by atoms with van der Waals surface area (Å²) >= 11 is 0. The van der Waals surface area contributed by atoms with Gasteiger partial charge in [-0.15, -0.1) is 0 Å². The second-order valence-corrected chi connectivity index (χ2v) is 6.75. The normalized spacial score (nSPS) is 12.0. The third-order valence-electron chi connectivity index (χ3n) is 3.75. The summed E-state index contributed by atoms with van der Waals surface area (Å²) in [6.07, 6.45) is 4.04. The molecule has 3 heteroatoms. The van der Waals surface area contributed by atoms with E-state index >= 15 is 0 Å². The molecule has 0 aliphatic rings. The predicted molar refractivity (Wildman–Crippen MR) is 85.5 cm³/mol. The van der Waals surface area contributed by atoms with Crippen molar-refractivity contribution in [1.29, 1.82) is 0 Å². The van der Waals surface area contributed by atoms with Crippen molar-refractivity contribution in [3.63, 3.8) is 0 Å². The first-order valence-corrected chi connectivity index (χ1v) is 7.49. The summed E-state index contributed by atoms with van der Waals surface area (Å²) < 4.78 is 5.49. The number of nitrogens with one attached hydrogen (secondary N) is 1. The Labute approximate surface area is 124 Å². The molecule has 0 spiro atoms. The molecule has 1 heterocycles. The van der Waals surface area contributed by atoms with Gasteiger partial charge in [-0.25, -0.2) is 0 Å². The molecule has 0 aliphatic carbocycles. The van der Waals surface area contributed by atoms with E-state index in [2.05, 4.69) is 44.9 Å². The number of nitrogens with zero attached hydrogens (tertiary/aromatic N) is 1. The number of hydrogen-bond acceptors (Lipinski definition) is 3. The number of aryl methyl sites for hydroxylation is 1. The Hall–Kier alpha value is -1.09. The van der Waals surface area contributed by atoms with Crippen LogP contribution in [0.15, 0.2) is 6.20 Å². The van der Waals surface area contributed by atoms with Gasteiger partial charge in [-0.3, -0.25) is 4.98 Å². The smallest absolute Gasteiger partial charge is 0.128 e. The lowest BCUT2D eigenvalue weighted by Gasteiger charge is -2.26. The first-order chi connectivity index (χ1) is 9.26. The van der Waals surface area contributed by atoms with E-state index in [1.165, 1.54) is 5.56 Å². The Morgan fingerprint density at radius 1 is 1.30 bits per heavy atom. The molecule has 1 N–H and O–H groups in total. The molecular formula is C17H30N2O. The second kappa shape index (κ2) is 7.07. The van der Waals surface area contributed by atoms with Crippen LogP contribution in [0.4, 0.5) is 0 Å². The molecule has 0 saturated heterocycles. The van der Waals surface area contributed by atoms with E-state index in [-0.39, 0.29) is 5.41 Å². The zero-order chi connectivity index (χ0) is 15.3. The Kier molecular flexibility index (Phi) is 6.00. The summed E-state index contributed by atoms with van der Waals surface area (Å²) in [6.45, 7) is 14.2. The molecule has 0 radical (unpaired) electrons. The van der Waals surface area contributed by atoms with Gasteiger partial charge in [0.1, 0.15) is 5.75 Å². The highest BCUT2D eigenvalue weighted by Gasteiger charge is 2.21. The number of pyridine rings is 1. The number of hydrogen-bond donors (Lipinski definition) is 1. The molecule has 20 heavy (non-hydrogen) atoms. The van der Waals surface area contributed by atoms with Gasteiger partial charge in [0.15, 0.2) is 0 Å². The molecule has 0 bridgehead atoms. The summed E-state index contributed by atoms with van der Waals surface area (Å²) in [6, 6.07) is 0.546. The minimum absolute atomic E-state index is 0.236. The first-order valence-electron chi connectivity index (χ1n) is 7.49. The van der Waals surface area contributed by atoms with E-state index in [1.54, 1.807) is 7.11 Å². The zero-order valence-corrected chi connectivity index (χ0v) is 14.1. The van der Waals surface area contributed by atoms with Gasteiger partial charge in [0.2, 0.25) is 0 Å². The van der Waals surface area contributed by atoms with Gasteiger partial charge in [0.25, 0.3) is 0 Å². The zero-order valence-electron chi connectivity index (χ0n) is 14.1. The van der Waals surface area contributed by atoms with Crippen LogP contribution in [0.3, 0.4) is 0 Å². The van der Waals surface area contributed by atoms with E-state index < -0.39 is 0 Å². The lowest BCUT2D eigenvalue weighted by molar-refractivity contribution is 0.316. The Morgan fingerprint density at radius 2 is 1.95 bits per heavy atom. The molecule has 0 atom stereocenters. The lowest BCUT2D eigenvalue weighted by atomic mass is 9.83. The van der Waals surface area contributed by atoms with Crippen molar-refractivity contribution in [1.82, 2.24) is 10.3 Å². The monoisotopic (exact) mass is 278 g/mol. The van der Waals surface area contributed by atoms with Crippen molar-refractivity contribution in [2.75, 3.05) is 13.7 Å². The van der Waals surface area contributed by atoms with Crippen LogP contribution in [-0.2, 0) is 6.42 Å². The van der Waals surface area contributed by atoms with E-state index in [0.717, 1.165) is 36.4 Å². The van der Waals surface area contributed by atoms with Crippen LogP contribution in [0.25, 0.3) is 0 Å². The number of methoxy groups -OCH3 is 1. The Balaban J connectivity index is 2.76. The fourth-order valence-corrected chi connectivity index (χ4v) is 2.49. The molecule has 0 saturated carbocycles. The molecule has 1 rings (SSSR count). The molecule has 0 aromatic carbocycles. The van der Waals surface area contributed by atoms with E-state index in [9.17, 15) is 0 Å². The van der Waals surface area contributed by atoms with Crippen LogP contribution in [0.1, 0.15) is 50.9 Å². The van der Waals surface area contributed by atoms with Crippen LogP contribution in [0.5, 0.6) is 5.75 Å². The van der Waals surface area contributed by atoms with Crippen LogP contribution >= 0.6 is 0 Å². The largest absolute Gasteiger partial charge is 0.496 e. The average Bonchev–Trinajstić information content (AvgIpc) is 2.33. The maximum Gasteiger partial charge on any atom is 0.128 e. The van der Waals surface area contributed by atoms with Crippen molar-refractivity contribution in [3.05, 3.63) is 23.0 Å². The summed E-state index contributed by atoms with van der Waals surface area (Å²) in [5.74, 6) is 0.978. The quantitative estimate of drug-likeness (QED) is 0.826. The number of ether oxygens (including phenoxy) is 1. The Bertz CT molecular complexity index is 439. The van der Waals surface area contributed by atoms with Gasteiger partial charge >= 0.3 is 0 Å². The minimum atomic E-state index is 0.236. The fourth-order valence-electron chi connectivity index (χ4n) is 2.49. The third kappa shape index (κ3) is 4.78. The molecule has 0 unspecified atom stereocenters. The highest BCUT2D eigenvalue weighted by molar-refractivity contribution is 5.41. The second-order valence-electron chi connectivity index (χ2n) is 6.75. The highest BCUT2D eigenvalue weighted by atomic mass is 16.5. The van der Waals surface area contributed by atoms with Crippen LogP contribution in [0, 0.1) is 19.3 Å². The number of aromatic nitrogens is 1. The molecular weight excluding hydrogens is 248 g/mol. The highest BCUT2D eigenvalue weighted by Crippen LogP contribution is 2.30. The molecule has 1 aromatic heterocycles. The summed E-state index contributed by atoms with van der Waals surface area (Å²) in [5, 5.41) is 3.49. The average molecular weight is 278 g/mol. The SMILES string of the molecule is COc1c(C)cnc(CC(C)(C)CCNC(C)C)c1C. The number of rotatable bonds is 7. The van der Waals surface area contributed by atoms with Crippen LogP contribution < -0.4 is 10.1 Å². The summed E-state index contributed by atoms with van der Waals surface area (Å²) in [7, 11) is 1.73. The van der Waals surface area contributed by atoms with Gasteiger partial charge in [-0.2, -0.15) is 0 Å². The van der Waals surface area contributed by atoms with Crippen LogP contribution in [-0.4, -0.2) is 24.7 Å². The van der Waals surface area contributed by atoms with Crippen molar-refractivity contribution in [2.45, 2.75) is 60.4 Å².